The Labute approximate surface area is 124 Å². The van der Waals surface area contributed by atoms with Gasteiger partial charge in [-0.05, 0) is 36.4 Å². The fourth-order valence-corrected chi connectivity index (χ4v) is 1.85. The number of hydrogen-bond acceptors (Lipinski definition) is 2. The number of nitrogens with zero attached hydrogens (tertiary/aromatic N) is 1. The molecule has 2 aromatic carbocycles. The molecule has 20 heavy (non-hydrogen) atoms. The molecule has 0 heterocycles. The smallest absolute Gasteiger partial charge is 0.255 e. The van der Waals surface area contributed by atoms with E-state index in [2.05, 4.69) is 5.32 Å². The van der Waals surface area contributed by atoms with Gasteiger partial charge in [-0.15, -0.1) is 0 Å². The highest BCUT2D eigenvalue weighted by Gasteiger charge is 2.11. The van der Waals surface area contributed by atoms with Gasteiger partial charge in [0.25, 0.3) is 5.91 Å². The monoisotopic (exact) mass is 308 g/mol. The highest BCUT2D eigenvalue weighted by Crippen LogP contribution is 2.23. The molecule has 3 nitrogen and oxygen atoms in total. The van der Waals surface area contributed by atoms with Crippen molar-refractivity contribution in [2.24, 2.45) is 0 Å². The van der Waals surface area contributed by atoms with Crippen LogP contribution in [-0.4, -0.2) is 5.91 Å². The summed E-state index contributed by atoms with van der Waals surface area (Å²) in [5.41, 5.74) is 0.552. The Morgan fingerprint density at radius 1 is 1.15 bits per heavy atom. The predicted octanol–water partition coefficient (Wildman–Crippen LogP) is 4.26. The van der Waals surface area contributed by atoms with Gasteiger partial charge >= 0.3 is 0 Å². The highest BCUT2D eigenvalue weighted by atomic mass is 35.5. The van der Waals surface area contributed by atoms with Gasteiger partial charge in [-0.2, -0.15) is 5.26 Å². The second-order valence-corrected chi connectivity index (χ2v) is 4.70. The van der Waals surface area contributed by atoms with Gasteiger partial charge in [-0.3, -0.25) is 4.79 Å². The van der Waals surface area contributed by atoms with Crippen LogP contribution in [-0.2, 0) is 0 Å². The first-order chi connectivity index (χ1) is 9.51. The van der Waals surface area contributed by atoms with Crippen LogP contribution in [0.25, 0.3) is 0 Å². The summed E-state index contributed by atoms with van der Waals surface area (Å²) in [6, 6.07) is 9.74. The molecule has 1 amide bonds. The molecular weight excluding hydrogens is 302 g/mol. The maximum Gasteiger partial charge on any atom is 0.255 e. The zero-order valence-electron chi connectivity index (χ0n) is 9.95. The van der Waals surface area contributed by atoms with Crippen LogP contribution in [0, 0.1) is 17.1 Å². The standard InChI is InChI=1S/C14H7Cl2FN2O/c15-11-3-1-8(6-12(11)16)14(20)19-13-4-2-10(17)5-9(13)7-18/h1-6H,(H,19,20). The van der Waals surface area contributed by atoms with Crippen LogP contribution in [0.15, 0.2) is 36.4 Å². The fraction of sp³-hybridized carbons (Fsp3) is 0. The van der Waals surface area contributed by atoms with E-state index >= 15 is 0 Å². The van der Waals surface area contributed by atoms with E-state index in [4.69, 9.17) is 28.5 Å². The van der Waals surface area contributed by atoms with Gasteiger partial charge in [0.15, 0.2) is 0 Å². The SMILES string of the molecule is N#Cc1cc(F)ccc1NC(=O)c1ccc(Cl)c(Cl)c1. The molecule has 0 aliphatic carbocycles. The van der Waals surface area contributed by atoms with Crippen molar-refractivity contribution in [2.45, 2.75) is 0 Å². The number of rotatable bonds is 2. The minimum atomic E-state index is -0.547. The van der Waals surface area contributed by atoms with E-state index in [1.165, 1.54) is 24.3 Å². The number of hydrogen-bond donors (Lipinski definition) is 1. The summed E-state index contributed by atoms with van der Waals surface area (Å²) in [7, 11) is 0. The van der Waals surface area contributed by atoms with Crippen molar-refractivity contribution in [3.63, 3.8) is 0 Å². The summed E-state index contributed by atoms with van der Waals surface area (Å²) in [4.78, 5) is 12.0. The van der Waals surface area contributed by atoms with Crippen molar-refractivity contribution in [3.8, 4) is 6.07 Å². The summed E-state index contributed by atoms with van der Waals surface area (Å²) in [6.07, 6.45) is 0. The first kappa shape index (κ1) is 14.3. The second kappa shape index (κ2) is 5.91. The van der Waals surface area contributed by atoms with Gasteiger partial charge < -0.3 is 5.32 Å². The number of carbonyl (C=O) groups is 1. The summed E-state index contributed by atoms with van der Waals surface area (Å²) in [6.45, 7) is 0. The van der Waals surface area contributed by atoms with Crippen molar-refractivity contribution < 1.29 is 9.18 Å². The molecule has 1 N–H and O–H groups in total. The maximum atomic E-state index is 13.0. The van der Waals surface area contributed by atoms with Crippen molar-refractivity contribution in [1.29, 1.82) is 5.26 Å². The molecule has 0 aromatic heterocycles. The van der Waals surface area contributed by atoms with Crippen LogP contribution in [0.4, 0.5) is 10.1 Å². The molecule has 0 aliphatic rings. The third-order valence-electron chi connectivity index (χ3n) is 2.53. The Hall–Kier alpha value is -2.09. The van der Waals surface area contributed by atoms with Gasteiger partial charge in [-0.25, -0.2) is 4.39 Å². The summed E-state index contributed by atoms with van der Waals surface area (Å²) >= 11 is 11.6. The molecule has 0 radical (unpaired) electrons. The quantitative estimate of drug-likeness (QED) is 0.901. The Balaban J connectivity index is 2.28. The summed E-state index contributed by atoms with van der Waals surface area (Å²) in [5, 5.41) is 12.0. The van der Waals surface area contributed by atoms with Crippen LogP contribution >= 0.6 is 23.2 Å². The average Bonchev–Trinajstić information content (AvgIpc) is 2.43. The van der Waals surface area contributed by atoms with Gasteiger partial charge in [-0.1, -0.05) is 23.2 Å². The molecule has 0 aliphatic heterocycles. The Morgan fingerprint density at radius 2 is 1.90 bits per heavy atom. The molecule has 6 heteroatoms. The topological polar surface area (TPSA) is 52.9 Å². The fourth-order valence-electron chi connectivity index (χ4n) is 1.55. The Kier molecular flexibility index (Phi) is 4.23. The van der Waals surface area contributed by atoms with Crippen LogP contribution < -0.4 is 5.32 Å². The lowest BCUT2D eigenvalue weighted by Crippen LogP contribution is -2.13. The van der Waals surface area contributed by atoms with E-state index in [0.29, 0.717) is 5.02 Å². The lowest BCUT2D eigenvalue weighted by atomic mass is 10.1. The Bertz CT molecular complexity index is 726. The minimum absolute atomic E-state index is 0.0402. The molecule has 100 valence electrons. The molecule has 0 fully saturated rings. The van der Waals surface area contributed by atoms with Gasteiger partial charge in [0.2, 0.25) is 0 Å². The lowest BCUT2D eigenvalue weighted by Gasteiger charge is -2.07. The number of anilines is 1. The number of benzene rings is 2. The normalized spacial score (nSPS) is 9.90. The molecule has 0 saturated heterocycles. The van der Waals surface area contributed by atoms with E-state index < -0.39 is 11.7 Å². The van der Waals surface area contributed by atoms with Crippen molar-refractivity contribution >= 4 is 34.8 Å². The van der Waals surface area contributed by atoms with E-state index in [9.17, 15) is 9.18 Å². The third-order valence-corrected chi connectivity index (χ3v) is 3.27. The van der Waals surface area contributed by atoms with Crippen molar-refractivity contribution in [3.05, 3.63) is 63.4 Å². The number of amides is 1. The van der Waals surface area contributed by atoms with Crippen LogP contribution in [0.5, 0.6) is 0 Å². The van der Waals surface area contributed by atoms with Gasteiger partial charge in [0, 0.05) is 5.56 Å². The average molecular weight is 309 g/mol. The maximum absolute atomic E-state index is 13.0. The van der Waals surface area contributed by atoms with E-state index in [1.54, 1.807) is 0 Å². The molecule has 2 rings (SSSR count). The highest BCUT2D eigenvalue weighted by molar-refractivity contribution is 6.42. The first-order valence-electron chi connectivity index (χ1n) is 5.47. The second-order valence-electron chi connectivity index (χ2n) is 3.88. The van der Waals surface area contributed by atoms with E-state index in [1.807, 2.05) is 6.07 Å². The minimum Gasteiger partial charge on any atom is -0.321 e. The zero-order chi connectivity index (χ0) is 14.7. The van der Waals surface area contributed by atoms with E-state index in [0.717, 1.165) is 12.1 Å². The van der Waals surface area contributed by atoms with Crippen LogP contribution in [0.3, 0.4) is 0 Å². The number of nitrogens with one attached hydrogen (secondary N) is 1. The summed E-state index contributed by atoms with van der Waals surface area (Å²) < 4.78 is 13.0. The summed E-state index contributed by atoms with van der Waals surface area (Å²) in [5.74, 6) is -1.01. The number of halogens is 3. The first-order valence-corrected chi connectivity index (χ1v) is 6.23. The van der Waals surface area contributed by atoms with Crippen molar-refractivity contribution in [1.82, 2.24) is 0 Å². The molecule has 0 saturated carbocycles. The van der Waals surface area contributed by atoms with Gasteiger partial charge in [0.05, 0.1) is 21.3 Å². The lowest BCUT2D eigenvalue weighted by molar-refractivity contribution is 0.102. The van der Waals surface area contributed by atoms with Gasteiger partial charge in [0.1, 0.15) is 11.9 Å². The molecule has 0 unspecified atom stereocenters. The molecule has 0 bridgehead atoms. The van der Waals surface area contributed by atoms with Crippen molar-refractivity contribution in [2.75, 3.05) is 5.32 Å². The molecule has 2 aromatic rings. The van der Waals surface area contributed by atoms with E-state index in [-0.39, 0.29) is 21.8 Å². The third kappa shape index (κ3) is 3.08. The predicted molar refractivity (Wildman–Crippen MR) is 75.5 cm³/mol. The largest absolute Gasteiger partial charge is 0.321 e. The zero-order valence-corrected chi connectivity index (χ0v) is 11.5. The van der Waals surface area contributed by atoms with Crippen LogP contribution in [0.2, 0.25) is 10.0 Å². The molecule has 0 atom stereocenters. The number of carbonyl (C=O) groups excluding carboxylic acids is 1. The van der Waals surface area contributed by atoms with Crippen LogP contribution in [0.1, 0.15) is 15.9 Å². The number of nitriles is 1. The molecular formula is C14H7Cl2FN2O. The Morgan fingerprint density at radius 3 is 2.55 bits per heavy atom. The molecule has 0 spiro atoms.